The van der Waals surface area contributed by atoms with Gasteiger partial charge in [0.25, 0.3) is 0 Å². The van der Waals surface area contributed by atoms with Crippen LogP contribution in [0.15, 0.2) is 0 Å². The third-order valence-corrected chi connectivity index (χ3v) is 3.24. The molecular formula is C16H34N2O2. The quantitative estimate of drug-likeness (QED) is 0.693. The van der Waals surface area contributed by atoms with E-state index < -0.39 is 0 Å². The van der Waals surface area contributed by atoms with Crippen LogP contribution in [0, 0.1) is 5.41 Å². The van der Waals surface area contributed by atoms with E-state index in [1.54, 1.807) is 0 Å². The van der Waals surface area contributed by atoms with Gasteiger partial charge in [0.1, 0.15) is 0 Å². The largest absolute Gasteiger partial charge is 0.379 e. The number of hydrogen-bond acceptors (Lipinski definition) is 4. The molecule has 1 aliphatic rings. The predicted molar refractivity (Wildman–Crippen MR) is 84.2 cm³/mol. The van der Waals surface area contributed by atoms with Crippen molar-refractivity contribution in [1.82, 2.24) is 10.2 Å². The van der Waals surface area contributed by atoms with Crippen molar-refractivity contribution in [2.24, 2.45) is 5.41 Å². The number of nitrogens with one attached hydrogen (secondary N) is 1. The van der Waals surface area contributed by atoms with Gasteiger partial charge in [0.15, 0.2) is 0 Å². The van der Waals surface area contributed by atoms with Crippen LogP contribution in [-0.2, 0) is 9.47 Å². The van der Waals surface area contributed by atoms with Crippen molar-refractivity contribution in [2.75, 3.05) is 46.0 Å². The number of nitrogens with zero attached hydrogens (tertiary/aromatic N) is 1. The van der Waals surface area contributed by atoms with Crippen LogP contribution in [0.3, 0.4) is 0 Å². The topological polar surface area (TPSA) is 33.7 Å². The summed E-state index contributed by atoms with van der Waals surface area (Å²) in [7, 11) is 0. The fourth-order valence-corrected chi connectivity index (χ4v) is 2.48. The second kappa shape index (κ2) is 8.98. The molecule has 0 aliphatic carbocycles. The van der Waals surface area contributed by atoms with Crippen molar-refractivity contribution < 1.29 is 9.47 Å². The molecule has 0 saturated carbocycles. The average Bonchev–Trinajstić information content (AvgIpc) is 2.31. The molecule has 0 aromatic heterocycles. The SMILES string of the molecule is CC(C)NCCCOC[C@@H]1CN(CC(C)(C)C)CCO1. The van der Waals surface area contributed by atoms with Gasteiger partial charge in [-0.25, -0.2) is 0 Å². The minimum atomic E-state index is 0.240. The molecule has 1 N–H and O–H groups in total. The molecule has 20 heavy (non-hydrogen) atoms. The second-order valence-electron chi connectivity index (χ2n) is 7.33. The third kappa shape index (κ3) is 8.90. The highest BCUT2D eigenvalue weighted by Crippen LogP contribution is 2.17. The van der Waals surface area contributed by atoms with Crippen molar-refractivity contribution in [3.63, 3.8) is 0 Å². The standard InChI is InChI=1S/C16H34N2O2/c1-14(2)17-7-6-9-19-12-15-11-18(8-10-20-15)13-16(3,4)5/h14-15,17H,6-13H2,1-5H3/t15-/m0/s1. The summed E-state index contributed by atoms with van der Waals surface area (Å²) in [6.45, 7) is 17.8. The fourth-order valence-electron chi connectivity index (χ4n) is 2.48. The Labute approximate surface area is 125 Å². The van der Waals surface area contributed by atoms with Crippen LogP contribution in [0.25, 0.3) is 0 Å². The lowest BCUT2D eigenvalue weighted by Crippen LogP contribution is -2.47. The first-order valence-corrected chi connectivity index (χ1v) is 8.02. The molecule has 0 amide bonds. The lowest BCUT2D eigenvalue weighted by atomic mass is 9.96. The van der Waals surface area contributed by atoms with E-state index in [1.165, 1.54) is 0 Å². The van der Waals surface area contributed by atoms with Gasteiger partial charge in [-0.3, -0.25) is 4.90 Å². The maximum Gasteiger partial charge on any atom is 0.0935 e. The highest BCUT2D eigenvalue weighted by atomic mass is 16.5. The van der Waals surface area contributed by atoms with Crippen molar-refractivity contribution >= 4 is 0 Å². The zero-order valence-corrected chi connectivity index (χ0v) is 14.1. The van der Waals surface area contributed by atoms with Crippen LogP contribution >= 0.6 is 0 Å². The first-order valence-electron chi connectivity index (χ1n) is 8.02. The predicted octanol–water partition coefficient (Wildman–Crippen LogP) is 2.14. The normalized spacial score (nSPS) is 21.6. The number of hydrogen-bond donors (Lipinski definition) is 1. The Morgan fingerprint density at radius 2 is 2.10 bits per heavy atom. The molecular weight excluding hydrogens is 252 g/mol. The summed E-state index contributed by atoms with van der Waals surface area (Å²) in [5.41, 5.74) is 0.352. The highest BCUT2D eigenvalue weighted by Gasteiger charge is 2.24. The lowest BCUT2D eigenvalue weighted by Gasteiger charge is -2.36. The van der Waals surface area contributed by atoms with E-state index in [0.717, 1.165) is 52.4 Å². The summed E-state index contributed by atoms with van der Waals surface area (Å²) in [5, 5.41) is 3.40. The molecule has 1 heterocycles. The minimum absolute atomic E-state index is 0.240. The van der Waals surface area contributed by atoms with Gasteiger partial charge in [0.2, 0.25) is 0 Å². The van der Waals surface area contributed by atoms with E-state index in [-0.39, 0.29) is 6.10 Å². The number of ether oxygens (including phenoxy) is 2. The van der Waals surface area contributed by atoms with Crippen molar-refractivity contribution in [3.05, 3.63) is 0 Å². The molecule has 1 rings (SSSR count). The van der Waals surface area contributed by atoms with Gasteiger partial charge in [-0.2, -0.15) is 0 Å². The van der Waals surface area contributed by atoms with Gasteiger partial charge in [0, 0.05) is 32.3 Å². The molecule has 0 bridgehead atoms. The Hall–Kier alpha value is -0.160. The second-order valence-corrected chi connectivity index (χ2v) is 7.33. The summed E-state index contributed by atoms with van der Waals surface area (Å²) in [4.78, 5) is 2.50. The summed E-state index contributed by atoms with van der Waals surface area (Å²) >= 11 is 0. The van der Waals surface area contributed by atoms with Gasteiger partial charge in [-0.1, -0.05) is 34.6 Å². The maximum atomic E-state index is 5.79. The van der Waals surface area contributed by atoms with Crippen molar-refractivity contribution in [2.45, 2.75) is 53.2 Å². The summed E-state index contributed by atoms with van der Waals surface area (Å²) < 4.78 is 11.5. The van der Waals surface area contributed by atoms with E-state index in [1.807, 2.05) is 0 Å². The molecule has 1 atom stereocenters. The number of morpholine rings is 1. The van der Waals surface area contributed by atoms with Crippen LogP contribution < -0.4 is 5.32 Å². The molecule has 1 saturated heterocycles. The van der Waals surface area contributed by atoms with E-state index in [9.17, 15) is 0 Å². The smallest absolute Gasteiger partial charge is 0.0935 e. The van der Waals surface area contributed by atoms with Gasteiger partial charge >= 0.3 is 0 Å². The lowest BCUT2D eigenvalue weighted by molar-refractivity contribution is -0.0746. The molecule has 4 nitrogen and oxygen atoms in total. The zero-order chi connectivity index (χ0) is 15.0. The molecule has 0 spiro atoms. The molecule has 0 radical (unpaired) electrons. The van der Waals surface area contributed by atoms with Crippen LogP contribution in [-0.4, -0.2) is 63.0 Å². The minimum Gasteiger partial charge on any atom is -0.379 e. The Balaban J connectivity index is 2.08. The summed E-state index contributed by atoms with van der Waals surface area (Å²) in [6.07, 6.45) is 1.31. The maximum absolute atomic E-state index is 5.79. The van der Waals surface area contributed by atoms with Crippen LogP contribution in [0.1, 0.15) is 41.0 Å². The van der Waals surface area contributed by atoms with Crippen LogP contribution in [0.4, 0.5) is 0 Å². The monoisotopic (exact) mass is 286 g/mol. The highest BCUT2D eigenvalue weighted by molar-refractivity contribution is 4.75. The molecule has 1 aliphatic heterocycles. The summed E-state index contributed by atoms with van der Waals surface area (Å²) in [5.74, 6) is 0. The Morgan fingerprint density at radius 1 is 1.35 bits per heavy atom. The van der Waals surface area contributed by atoms with E-state index in [4.69, 9.17) is 9.47 Å². The Morgan fingerprint density at radius 3 is 2.75 bits per heavy atom. The van der Waals surface area contributed by atoms with Crippen molar-refractivity contribution in [3.8, 4) is 0 Å². The van der Waals surface area contributed by atoms with Crippen LogP contribution in [0.5, 0.6) is 0 Å². The first kappa shape index (κ1) is 17.9. The molecule has 0 aromatic carbocycles. The molecule has 0 unspecified atom stereocenters. The third-order valence-electron chi connectivity index (χ3n) is 3.24. The summed E-state index contributed by atoms with van der Waals surface area (Å²) in [6, 6.07) is 0.558. The molecule has 0 aromatic rings. The van der Waals surface area contributed by atoms with E-state index in [2.05, 4.69) is 44.8 Å². The van der Waals surface area contributed by atoms with Gasteiger partial charge in [-0.15, -0.1) is 0 Å². The Bertz CT molecular complexity index is 251. The van der Waals surface area contributed by atoms with Crippen molar-refractivity contribution in [1.29, 1.82) is 0 Å². The molecule has 120 valence electrons. The van der Waals surface area contributed by atoms with Gasteiger partial charge in [-0.05, 0) is 18.4 Å². The molecule has 4 heteroatoms. The van der Waals surface area contributed by atoms with E-state index >= 15 is 0 Å². The Kier molecular flexibility index (Phi) is 8.03. The van der Waals surface area contributed by atoms with Gasteiger partial charge < -0.3 is 14.8 Å². The zero-order valence-electron chi connectivity index (χ0n) is 14.1. The van der Waals surface area contributed by atoms with Gasteiger partial charge in [0.05, 0.1) is 19.3 Å². The molecule has 1 fully saturated rings. The van der Waals surface area contributed by atoms with Crippen LogP contribution in [0.2, 0.25) is 0 Å². The van der Waals surface area contributed by atoms with E-state index in [0.29, 0.717) is 11.5 Å². The average molecular weight is 286 g/mol. The first-order chi connectivity index (χ1) is 9.37. The number of rotatable bonds is 8. The fraction of sp³-hybridized carbons (Fsp3) is 1.00.